The van der Waals surface area contributed by atoms with Gasteiger partial charge in [0.1, 0.15) is 41.0 Å². The molecule has 7 nitrogen and oxygen atoms in total. The summed E-state index contributed by atoms with van der Waals surface area (Å²) in [4.78, 5) is 8.29. The van der Waals surface area contributed by atoms with Crippen molar-refractivity contribution in [3.05, 3.63) is 59.1 Å². The molecule has 2 saturated heterocycles. The third kappa shape index (κ3) is 3.23. The van der Waals surface area contributed by atoms with Gasteiger partial charge in [-0.1, -0.05) is 17.7 Å². The van der Waals surface area contributed by atoms with E-state index < -0.39 is 47.6 Å². The zero-order valence-corrected chi connectivity index (χ0v) is 17.7. The van der Waals surface area contributed by atoms with Gasteiger partial charge in [0.2, 0.25) is 0 Å². The number of nitrogens with zero attached hydrogens (tertiary/aromatic N) is 3. The Kier molecular flexibility index (Phi) is 4.62. The van der Waals surface area contributed by atoms with Crippen LogP contribution >= 0.6 is 11.6 Å². The summed E-state index contributed by atoms with van der Waals surface area (Å²) in [6.45, 7) is 5.00. The third-order valence-corrected chi connectivity index (χ3v) is 6.12. The maximum Gasteiger partial charge on any atom is 0.164 e. The lowest BCUT2D eigenvalue weighted by molar-refractivity contribution is -0.221. The van der Waals surface area contributed by atoms with Gasteiger partial charge in [0.05, 0.1) is 5.39 Å². The summed E-state index contributed by atoms with van der Waals surface area (Å²) >= 11 is 6.18. The smallest absolute Gasteiger partial charge is 0.164 e. The molecule has 1 unspecified atom stereocenters. The van der Waals surface area contributed by atoms with Crippen LogP contribution in [0.15, 0.2) is 36.8 Å². The first-order valence-electron chi connectivity index (χ1n) is 9.74. The molecular formula is C21H20ClF2N3O4. The predicted octanol–water partition coefficient (Wildman–Crippen LogP) is 3.69. The number of rotatable bonds is 3. The number of halogens is 3. The number of hydrogen-bond donors (Lipinski definition) is 1. The Balaban J connectivity index is 1.58. The number of benzene rings is 1. The van der Waals surface area contributed by atoms with Crippen molar-refractivity contribution in [3.63, 3.8) is 0 Å². The van der Waals surface area contributed by atoms with Crippen molar-refractivity contribution < 1.29 is 28.1 Å². The normalized spacial score (nSPS) is 29.3. The van der Waals surface area contributed by atoms with E-state index in [1.54, 1.807) is 30.7 Å². The van der Waals surface area contributed by atoms with Gasteiger partial charge in [-0.3, -0.25) is 0 Å². The number of hydrogen-bond acceptors (Lipinski definition) is 6. The Bertz CT molecular complexity index is 1170. The maximum absolute atomic E-state index is 13.9. The Morgan fingerprint density at radius 1 is 1.13 bits per heavy atom. The van der Waals surface area contributed by atoms with E-state index in [0.29, 0.717) is 16.2 Å². The van der Waals surface area contributed by atoms with E-state index in [1.807, 2.05) is 0 Å². The fourth-order valence-corrected chi connectivity index (χ4v) is 4.56. The third-order valence-electron chi connectivity index (χ3n) is 5.82. The standard InChI is InChI=1S/C21H20ClF2N3O4/c1-20(2)30-14-15(31-20)19(27-7-6-11-17(22)25-9-26-18(11)27)29-16(14)21(3,28)10-4-5-12(23)13(24)8-10/h4-9,14-16,19,28H,1-3H3/t14-,15?,16-,19+,21+/m0/s1. The molecule has 5 rings (SSSR count). The molecule has 1 aromatic carbocycles. The summed E-state index contributed by atoms with van der Waals surface area (Å²) in [6, 6.07) is 5.01. The lowest BCUT2D eigenvalue weighted by Gasteiger charge is -2.34. The van der Waals surface area contributed by atoms with Crippen LogP contribution in [0, 0.1) is 11.6 Å². The maximum atomic E-state index is 13.9. The van der Waals surface area contributed by atoms with Crippen molar-refractivity contribution in [1.82, 2.24) is 14.5 Å². The lowest BCUT2D eigenvalue weighted by Crippen LogP contribution is -2.45. The second-order valence-corrected chi connectivity index (χ2v) is 8.77. The molecule has 5 atom stereocenters. The van der Waals surface area contributed by atoms with Crippen LogP contribution in [0.25, 0.3) is 11.0 Å². The molecular weight excluding hydrogens is 432 g/mol. The molecule has 2 aromatic heterocycles. The molecule has 2 aliphatic heterocycles. The monoisotopic (exact) mass is 451 g/mol. The highest BCUT2D eigenvalue weighted by Gasteiger charge is 2.60. The molecule has 0 saturated carbocycles. The highest BCUT2D eigenvalue weighted by atomic mass is 35.5. The Morgan fingerprint density at radius 3 is 2.61 bits per heavy atom. The Labute approximate surface area is 181 Å². The van der Waals surface area contributed by atoms with E-state index in [-0.39, 0.29) is 5.56 Å². The van der Waals surface area contributed by atoms with E-state index in [0.717, 1.165) is 12.1 Å². The molecule has 0 spiro atoms. The van der Waals surface area contributed by atoms with Crippen molar-refractivity contribution in [2.45, 2.75) is 56.7 Å². The molecule has 31 heavy (non-hydrogen) atoms. The molecule has 3 aromatic rings. The van der Waals surface area contributed by atoms with Gasteiger partial charge in [0.25, 0.3) is 0 Å². The van der Waals surface area contributed by atoms with Gasteiger partial charge in [0.15, 0.2) is 23.6 Å². The van der Waals surface area contributed by atoms with Gasteiger partial charge in [-0.25, -0.2) is 18.7 Å². The number of aliphatic hydroxyl groups is 1. The van der Waals surface area contributed by atoms with Crippen LogP contribution in [0.4, 0.5) is 8.78 Å². The van der Waals surface area contributed by atoms with Crippen LogP contribution in [-0.2, 0) is 19.8 Å². The first-order chi connectivity index (χ1) is 14.6. The molecule has 1 N–H and O–H groups in total. The Hall–Kier alpha value is -2.17. The molecule has 10 heteroatoms. The van der Waals surface area contributed by atoms with Crippen molar-refractivity contribution in [3.8, 4) is 0 Å². The van der Waals surface area contributed by atoms with E-state index in [1.165, 1.54) is 19.3 Å². The van der Waals surface area contributed by atoms with Crippen LogP contribution in [0.2, 0.25) is 5.15 Å². The number of fused-ring (bicyclic) bond motifs is 2. The minimum atomic E-state index is -1.70. The molecule has 164 valence electrons. The van der Waals surface area contributed by atoms with Crippen molar-refractivity contribution in [2.75, 3.05) is 0 Å². The van der Waals surface area contributed by atoms with Crippen LogP contribution in [-0.4, -0.2) is 43.7 Å². The summed E-state index contributed by atoms with van der Waals surface area (Å²) < 4.78 is 47.5. The van der Waals surface area contributed by atoms with Crippen molar-refractivity contribution in [1.29, 1.82) is 0 Å². The largest absolute Gasteiger partial charge is 0.383 e. The van der Waals surface area contributed by atoms with Crippen molar-refractivity contribution >= 4 is 22.6 Å². The SMILES string of the molecule is CC1(C)OC2[C@H](n3ccc4c(Cl)ncnc43)O[C@H]([C@](C)(O)c3ccc(F)c(F)c3)[C@H]2O1. The molecule has 0 aliphatic carbocycles. The van der Waals surface area contributed by atoms with Crippen LogP contribution in [0.5, 0.6) is 0 Å². The Morgan fingerprint density at radius 2 is 1.87 bits per heavy atom. The zero-order chi connectivity index (χ0) is 22.1. The molecule has 2 aliphatic rings. The molecule has 4 heterocycles. The summed E-state index contributed by atoms with van der Waals surface area (Å²) in [5.74, 6) is -3.00. The van der Waals surface area contributed by atoms with Gasteiger partial charge in [-0.15, -0.1) is 0 Å². The first kappa shape index (κ1) is 20.7. The molecule has 0 radical (unpaired) electrons. The topological polar surface area (TPSA) is 78.6 Å². The molecule has 0 amide bonds. The zero-order valence-electron chi connectivity index (χ0n) is 16.9. The second-order valence-electron chi connectivity index (χ2n) is 8.41. The first-order valence-corrected chi connectivity index (χ1v) is 10.1. The van der Waals surface area contributed by atoms with E-state index in [2.05, 4.69) is 9.97 Å². The highest BCUT2D eigenvalue weighted by Crippen LogP contribution is 2.48. The van der Waals surface area contributed by atoms with E-state index in [9.17, 15) is 13.9 Å². The van der Waals surface area contributed by atoms with Gasteiger partial charge >= 0.3 is 0 Å². The van der Waals surface area contributed by atoms with Gasteiger partial charge < -0.3 is 23.9 Å². The highest BCUT2D eigenvalue weighted by molar-refractivity contribution is 6.33. The van der Waals surface area contributed by atoms with Crippen molar-refractivity contribution in [2.24, 2.45) is 0 Å². The summed E-state index contributed by atoms with van der Waals surface area (Å²) in [5.41, 5.74) is -1.01. The van der Waals surface area contributed by atoms with Gasteiger partial charge in [0, 0.05) is 6.20 Å². The molecule has 2 fully saturated rings. The minimum Gasteiger partial charge on any atom is -0.383 e. The van der Waals surface area contributed by atoms with Gasteiger partial charge in [-0.05, 0) is 44.5 Å². The summed E-state index contributed by atoms with van der Waals surface area (Å²) in [6.07, 6.45) is 0.161. The van der Waals surface area contributed by atoms with Crippen LogP contribution in [0.1, 0.15) is 32.6 Å². The van der Waals surface area contributed by atoms with Gasteiger partial charge in [-0.2, -0.15) is 0 Å². The second kappa shape index (κ2) is 6.91. The molecule has 0 bridgehead atoms. The predicted molar refractivity (Wildman–Crippen MR) is 106 cm³/mol. The van der Waals surface area contributed by atoms with Crippen LogP contribution < -0.4 is 0 Å². The number of aromatic nitrogens is 3. The lowest BCUT2D eigenvalue weighted by atomic mass is 9.86. The average Bonchev–Trinajstić information content (AvgIpc) is 3.35. The minimum absolute atomic E-state index is 0.159. The van der Waals surface area contributed by atoms with E-state index in [4.69, 9.17) is 25.8 Å². The van der Waals surface area contributed by atoms with E-state index >= 15 is 0 Å². The fraction of sp³-hybridized carbons (Fsp3) is 0.429. The quantitative estimate of drug-likeness (QED) is 0.612. The number of ether oxygens (including phenoxy) is 3. The average molecular weight is 452 g/mol. The van der Waals surface area contributed by atoms with Crippen LogP contribution in [0.3, 0.4) is 0 Å². The summed E-state index contributed by atoms with van der Waals surface area (Å²) in [7, 11) is 0. The summed E-state index contributed by atoms with van der Waals surface area (Å²) in [5, 5.41) is 12.3. The fourth-order valence-electron chi connectivity index (χ4n) is 4.37.